The van der Waals surface area contributed by atoms with E-state index < -0.39 is 12.6 Å². The van der Waals surface area contributed by atoms with Crippen molar-refractivity contribution in [3.63, 3.8) is 0 Å². The monoisotopic (exact) mass is 158 g/mol. The van der Waals surface area contributed by atoms with Crippen LogP contribution in [0.5, 0.6) is 0 Å². The Bertz CT molecular complexity index is 70.8. The van der Waals surface area contributed by atoms with Gasteiger partial charge in [-0.05, 0) is 0 Å². The number of halogens is 3. The first-order valence-electron chi connectivity index (χ1n) is 2.59. The summed E-state index contributed by atoms with van der Waals surface area (Å²) in [4.78, 5) is 0. The van der Waals surface area contributed by atoms with E-state index >= 15 is 0 Å². The zero-order valence-electron chi connectivity index (χ0n) is 5.11. The molecule has 0 aliphatic rings. The molecule has 1 unspecified atom stereocenters. The summed E-state index contributed by atoms with van der Waals surface area (Å²) < 4.78 is 39.1. The molecule has 0 saturated carbocycles. The van der Waals surface area contributed by atoms with Gasteiger partial charge in [-0.3, -0.25) is 0 Å². The van der Waals surface area contributed by atoms with Gasteiger partial charge in [0.25, 0.3) is 6.43 Å². The van der Waals surface area contributed by atoms with Crippen molar-refractivity contribution < 1.29 is 17.6 Å². The molecule has 1 atom stereocenters. The summed E-state index contributed by atoms with van der Waals surface area (Å²) in [6.07, 6.45) is -5.07. The van der Waals surface area contributed by atoms with Crippen LogP contribution in [0.2, 0.25) is 0 Å². The number of hydrogen-bond acceptors (Lipinski definition) is 1. The fourth-order valence-electron chi connectivity index (χ4n) is 0.356. The lowest BCUT2D eigenvalue weighted by molar-refractivity contribution is 0.0384. The van der Waals surface area contributed by atoms with Gasteiger partial charge in [-0.1, -0.05) is 0 Å². The van der Waals surface area contributed by atoms with Gasteiger partial charge >= 0.3 is 0 Å². The van der Waals surface area contributed by atoms with Crippen LogP contribution < -0.4 is 0 Å². The van der Waals surface area contributed by atoms with Crippen molar-refractivity contribution in [1.29, 1.82) is 0 Å². The normalized spacial score (nSPS) is 14.7. The fourth-order valence-corrected chi connectivity index (χ4v) is 0.592. The van der Waals surface area contributed by atoms with Gasteiger partial charge in [-0.2, -0.15) is 0 Å². The third-order valence-corrected chi connectivity index (χ3v) is 1.28. The van der Waals surface area contributed by atoms with Crippen molar-refractivity contribution in [3.05, 3.63) is 0 Å². The molecule has 0 bridgehead atoms. The van der Waals surface area contributed by atoms with E-state index in [-0.39, 0.29) is 13.0 Å². The van der Waals surface area contributed by atoms with E-state index in [4.69, 9.17) is 0 Å². The summed E-state index contributed by atoms with van der Waals surface area (Å²) in [6, 6.07) is 0. The average molecular weight is 158 g/mol. The van der Waals surface area contributed by atoms with Crippen LogP contribution in [0.4, 0.5) is 13.2 Å². The van der Waals surface area contributed by atoms with E-state index in [0.29, 0.717) is 10.5 Å². The second-order valence-electron chi connectivity index (χ2n) is 1.63. The Kier molecular flexibility index (Phi) is 4.79. The molecule has 0 aromatic heterocycles. The molecule has 0 saturated heterocycles. The molecular formula is C4H9F3OSi. The molecule has 0 fully saturated rings. The molecular weight excluding hydrogens is 149 g/mol. The smallest absolute Gasteiger partial charge is 0.269 e. The Hall–Kier alpha value is -0.0331. The van der Waals surface area contributed by atoms with E-state index in [1.807, 2.05) is 0 Å². The number of rotatable bonds is 4. The van der Waals surface area contributed by atoms with Crippen LogP contribution >= 0.6 is 0 Å². The minimum atomic E-state index is -2.86. The highest BCUT2D eigenvalue weighted by molar-refractivity contribution is 5.97. The van der Waals surface area contributed by atoms with E-state index in [9.17, 15) is 13.2 Å². The zero-order valence-corrected chi connectivity index (χ0v) is 7.11. The van der Waals surface area contributed by atoms with Gasteiger partial charge in [0.05, 0.1) is 0 Å². The Morgan fingerprint density at radius 3 is 2.22 bits per heavy atom. The topological polar surface area (TPSA) is 9.23 Å². The molecule has 0 aliphatic heterocycles. The summed E-state index contributed by atoms with van der Waals surface area (Å²) in [5.74, 6) is 0. The van der Waals surface area contributed by atoms with Crippen LogP contribution in [0.15, 0.2) is 0 Å². The van der Waals surface area contributed by atoms with Crippen molar-refractivity contribution in [2.24, 2.45) is 0 Å². The molecule has 0 rings (SSSR count). The Morgan fingerprint density at radius 2 is 1.89 bits per heavy atom. The van der Waals surface area contributed by atoms with Crippen molar-refractivity contribution in [2.45, 2.75) is 19.0 Å². The van der Waals surface area contributed by atoms with Crippen LogP contribution in [0.1, 0.15) is 6.42 Å². The molecule has 0 heterocycles. The van der Waals surface area contributed by atoms with Crippen LogP contribution in [0.25, 0.3) is 0 Å². The molecule has 0 aromatic carbocycles. The maximum Gasteiger partial charge on any atom is 0.269 e. The van der Waals surface area contributed by atoms with Gasteiger partial charge in [0, 0.05) is 13.0 Å². The van der Waals surface area contributed by atoms with Crippen molar-refractivity contribution >= 4 is 10.5 Å². The van der Waals surface area contributed by atoms with Crippen LogP contribution in [-0.4, -0.2) is 29.7 Å². The minimum absolute atomic E-state index is 0.109. The standard InChI is InChI=1S/C4H9F3OSi/c5-3(4(6)7)1-2-8-9/h3-4H,1-2H2,9H3. The first-order valence-corrected chi connectivity index (χ1v) is 3.41. The lowest BCUT2D eigenvalue weighted by Gasteiger charge is -2.04. The van der Waals surface area contributed by atoms with Crippen LogP contribution in [-0.2, 0) is 4.43 Å². The van der Waals surface area contributed by atoms with E-state index in [1.165, 1.54) is 0 Å². The Balaban J connectivity index is 3.16. The number of hydrogen-bond donors (Lipinski definition) is 0. The Labute approximate surface area is 54.7 Å². The SMILES string of the molecule is FC(F)C(F)CCO[SiH3]. The summed E-state index contributed by atoms with van der Waals surface area (Å²) in [7, 11) is 0.479. The average Bonchev–Trinajstić information content (AvgIpc) is 1.82. The van der Waals surface area contributed by atoms with E-state index in [1.54, 1.807) is 0 Å². The van der Waals surface area contributed by atoms with E-state index in [0.717, 1.165) is 0 Å². The zero-order chi connectivity index (χ0) is 7.28. The highest BCUT2D eigenvalue weighted by atomic mass is 28.2. The molecule has 0 radical (unpaired) electrons. The van der Waals surface area contributed by atoms with Crippen molar-refractivity contribution in [2.75, 3.05) is 6.61 Å². The molecule has 1 nitrogen and oxygen atoms in total. The first-order chi connectivity index (χ1) is 4.18. The van der Waals surface area contributed by atoms with Gasteiger partial charge in [0.1, 0.15) is 10.5 Å². The summed E-state index contributed by atoms with van der Waals surface area (Å²) in [5, 5.41) is 0. The molecule has 0 spiro atoms. The highest BCUT2D eigenvalue weighted by Crippen LogP contribution is 2.08. The van der Waals surface area contributed by atoms with Crippen molar-refractivity contribution in [3.8, 4) is 0 Å². The predicted molar refractivity (Wildman–Crippen MR) is 31.4 cm³/mol. The van der Waals surface area contributed by atoms with Crippen molar-refractivity contribution in [1.82, 2.24) is 0 Å². The molecule has 0 aromatic rings. The van der Waals surface area contributed by atoms with Gasteiger partial charge in [-0.25, -0.2) is 13.2 Å². The first kappa shape index (κ1) is 8.97. The van der Waals surface area contributed by atoms with Gasteiger partial charge in [-0.15, -0.1) is 0 Å². The number of alkyl halides is 3. The molecule has 56 valence electrons. The largest absolute Gasteiger partial charge is 0.428 e. The highest BCUT2D eigenvalue weighted by Gasteiger charge is 2.17. The molecule has 9 heavy (non-hydrogen) atoms. The second-order valence-corrected chi connectivity index (χ2v) is 2.21. The summed E-state index contributed by atoms with van der Waals surface area (Å²) in [6.45, 7) is 0.109. The maximum absolute atomic E-state index is 11.9. The molecule has 0 amide bonds. The Morgan fingerprint density at radius 1 is 1.33 bits per heavy atom. The fraction of sp³-hybridized carbons (Fsp3) is 1.00. The lowest BCUT2D eigenvalue weighted by atomic mass is 10.3. The predicted octanol–water partition coefficient (Wildman–Crippen LogP) is 0.277. The third-order valence-electron chi connectivity index (χ3n) is 0.871. The molecule has 0 aliphatic carbocycles. The molecule has 5 heteroatoms. The minimum Gasteiger partial charge on any atom is -0.428 e. The summed E-state index contributed by atoms with van der Waals surface area (Å²) in [5.41, 5.74) is 0. The van der Waals surface area contributed by atoms with Crippen LogP contribution in [0, 0.1) is 0 Å². The van der Waals surface area contributed by atoms with Crippen LogP contribution in [0.3, 0.4) is 0 Å². The van der Waals surface area contributed by atoms with E-state index in [2.05, 4.69) is 4.43 Å². The molecule has 0 N–H and O–H groups in total. The van der Waals surface area contributed by atoms with Gasteiger partial charge in [0.15, 0.2) is 6.17 Å². The van der Waals surface area contributed by atoms with Gasteiger partial charge < -0.3 is 4.43 Å². The quantitative estimate of drug-likeness (QED) is 0.534. The lowest BCUT2D eigenvalue weighted by Crippen LogP contribution is -2.14. The maximum atomic E-state index is 11.9. The van der Waals surface area contributed by atoms with Gasteiger partial charge in [0.2, 0.25) is 0 Å². The summed E-state index contributed by atoms with van der Waals surface area (Å²) >= 11 is 0. The second kappa shape index (κ2) is 4.81. The third kappa shape index (κ3) is 4.47.